The van der Waals surface area contributed by atoms with Gasteiger partial charge in [0.1, 0.15) is 11.1 Å². The maximum atomic E-state index is 12.7. The zero-order chi connectivity index (χ0) is 18.1. The number of rotatable bonds is 4. The monoisotopic (exact) mass is 368 g/mol. The molecule has 1 saturated heterocycles. The summed E-state index contributed by atoms with van der Waals surface area (Å²) in [4.78, 5) is 16.2. The van der Waals surface area contributed by atoms with E-state index >= 15 is 0 Å². The molecule has 0 radical (unpaired) electrons. The van der Waals surface area contributed by atoms with Gasteiger partial charge in [-0.15, -0.1) is 11.3 Å². The summed E-state index contributed by atoms with van der Waals surface area (Å²) in [7, 11) is 2.06. The smallest absolute Gasteiger partial charge is 0.239 e. The largest absolute Gasteiger partial charge is 0.353 e. The number of nitrogens with zero attached hydrogens (tertiary/aromatic N) is 3. The van der Waals surface area contributed by atoms with Gasteiger partial charge in [-0.1, -0.05) is 0 Å². The van der Waals surface area contributed by atoms with E-state index in [1.807, 2.05) is 0 Å². The molecular formula is C20H24N4OS. The van der Waals surface area contributed by atoms with Crippen molar-refractivity contribution in [1.82, 2.24) is 9.47 Å². The van der Waals surface area contributed by atoms with Gasteiger partial charge >= 0.3 is 0 Å². The van der Waals surface area contributed by atoms with E-state index < -0.39 is 0 Å². The molecule has 5 nitrogen and oxygen atoms in total. The summed E-state index contributed by atoms with van der Waals surface area (Å²) in [6.07, 6.45) is 8.57. The molecule has 6 heteroatoms. The quantitative estimate of drug-likeness (QED) is 0.897. The van der Waals surface area contributed by atoms with Crippen molar-refractivity contribution in [2.24, 2.45) is 7.05 Å². The van der Waals surface area contributed by atoms with Crippen LogP contribution in [-0.4, -0.2) is 28.5 Å². The summed E-state index contributed by atoms with van der Waals surface area (Å²) >= 11 is 1.60. The van der Waals surface area contributed by atoms with Crippen molar-refractivity contribution in [3.05, 3.63) is 40.0 Å². The summed E-state index contributed by atoms with van der Waals surface area (Å²) in [5.74, 6) is -0.0128. The van der Waals surface area contributed by atoms with Crippen LogP contribution in [-0.2, 0) is 24.7 Å². The number of carbonyl (C=O) groups excluding carboxylic acids is 1. The van der Waals surface area contributed by atoms with E-state index in [4.69, 9.17) is 0 Å². The molecule has 1 atom stereocenters. The molecule has 1 aliphatic heterocycles. The van der Waals surface area contributed by atoms with Crippen LogP contribution >= 0.6 is 11.3 Å². The van der Waals surface area contributed by atoms with Crippen LogP contribution in [0, 0.1) is 11.3 Å². The number of thiophene rings is 1. The molecule has 26 heavy (non-hydrogen) atoms. The average molecular weight is 369 g/mol. The van der Waals surface area contributed by atoms with Crippen LogP contribution in [0.5, 0.6) is 0 Å². The first-order valence-electron chi connectivity index (χ1n) is 9.37. The highest BCUT2D eigenvalue weighted by Crippen LogP contribution is 2.38. The third-order valence-electron chi connectivity index (χ3n) is 5.57. The standard InChI is InChI=1S/C20H24N4OS/c1-23-10-4-7-16(23)17-8-5-11-24(17)13-19(25)22-20-15(12-21)14-6-2-3-9-18(14)26-20/h4,7,10,17H,2-3,5-6,8-9,11,13H2,1H3,(H,22,25)/t17-/m0/s1. The lowest BCUT2D eigenvalue weighted by Gasteiger charge is -2.24. The lowest BCUT2D eigenvalue weighted by Crippen LogP contribution is -2.33. The Kier molecular flexibility index (Phi) is 4.84. The number of carbonyl (C=O) groups is 1. The predicted octanol–water partition coefficient (Wildman–Crippen LogP) is 3.61. The second-order valence-electron chi connectivity index (χ2n) is 7.25. The van der Waals surface area contributed by atoms with Gasteiger partial charge in [-0.2, -0.15) is 5.26 Å². The first kappa shape index (κ1) is 17.3. The SMILES string of the molecule is Cn1cccc1[C@@H]1CCCN1CC(=O)Nc1sc2c(c1C#N)CCCC2. The van der Waals surface area contributed by atoms with E-state index in [-0.39, 0.29) is 5.91 Å². The molecule has 136 valence electrons. The van der Waals surface area contributed by atoms with E-state index in [2.05, 4.69) is 46.2 Å². The van der Waals surface area contributed by atoms with Crippen molar-refractivity contribution in [3.8, 4) is 6.07 Å². The summed E-state index contributed by atoms with van der Waals surface area (Å²) in [5.41, 5.74) is 3.12. The normalized spacial score (nSPS) is 19.9. The minimum Gasteiger partial charge on any atom is -0.353 e. The molecule has 1 N–H and O–H groups in total. The highest BCUT2D eigenvalue weighted by molar-refractivity contribution is 7.16. The van der Waals surface area contributed by atoms with E-state index in [0.717, 1.165) is 43.6 Å². The van der Waals surface area contributed by atoms with Gasteiger partial charge in [0.2, 0.25) is 5.91 Å². The topological polar surface area (TPSA) is 61.1 Å². The molecular weight excluding hydrogens is 344 g/mol. The van der Waals surface area contributed by atoms with Crippen LogP contribution in [0.4, 0.5) is 5.00 Å². The molecule has 1 amide bonds. The minimum absolute atomic E-state index is 0.0128. The number of aromatic nitrogens is 1. The van der Waals surface area contributed by atoms with E-state index in [1.165, 1.54) is 22.6 Å². The molecule has 2 aliphatic rings. The molecule has 4 rings (SSSR count). The predicted molar refractivity (Wildman–Crippen MR) is 103 cm³/mol. The van der Waals surface area contributed by atoms with E-state index in [9.17, 15) is 10.1 Å². The van der Waals surface area contributed by atoms with Crippen LogP contribution in [0.2, 0.25) is 0 Å². The Balaban J connectivity index is 1.47. The van der Waals surface area contributed by atoms with Crippen LogP contribution in [0.15, 0.2) is 18.3 Å². The minimum atomic E-state index is -0.0128. The molecule has 1 fully saturated rings. The van der Waals surface area contributed by atoms with Gasteiger partial charge < -0.3 is 9.88 Å². The number of fused-ring (bicyclic) bond motifs is 1. The molecule has 2 aromatic rings. The zero-order valence-electron chi connectivity index (χ0n) is 15.1. The molecule has 3 heterocycles. The lowest BCUT2D eigenvalue weighted by molar-refractivity contribution is -0.117. The van der Waals surface area contributed by atoms with Crippen LogP contribution in [0.1, 0.15) is 53.4 Å². The fraction of sp³-hybridized carbons (Fsp3) is 0.500. The zero-order valence-corrected chi connectivity index (χ0v) is 15.9. The van der Waals surface area contributed by atoms with Crippen molar-refractivity contribution >= 4 is 22.2 Å². The van der Waals surface area contributed by atoms with Crippen molar-refractivity contribution < 1.29 is 4.79 Å². The highest BCUT2D eigenvalue weighted by Gasteiger charge is 2.29. The summed E-state index contributed by atoms with van der Waals surface area (Å²) in [6.45, 7) is 1.32. The summed E-state index contributed by atoms with van der Waals surface area (Å²) < 4.78 is 2.14. The molecule has 2 aromatic heterocycles. The number of amides is 1. The Morgan fingerprint density at radius 3 is 3.00 bits per heavy atom. The van der Waals surface area contributed by atoms with Gasteiger partial charge in [-0.05, 0) is 62.8 Å². The number of hydrogen-bond donors (Lipinski definition) is 1. The fourth-order valence-electron chi connectivity index (χ4n) is 4.29. The Morgan fingerprint density at radius 1 is 1.38 bits per heavy atom. The van der Waals surface area contributed by atoms with Crippen molar-refractivity contribution in [3.63, 3.8) is 0 Å². The van der Waals surface area contributed by atoms with Gasteiger partial charge in [-0.3, -0.25) is 9.69 Å². The lowest BCUT2D eigenvalue weighted by atomic mass is 9.96. The number of anilines is 1. The second-order valence-corrected chi connectivity index (χ2v) is 8.35. The average Bonchev–Trinajstić information content (AvgIpc) is 3.32. The number of hydrogen-bond acceptors (Lipinski definition) is 4. The third-order valence-corrected chi connectivity index (χ3v) is 6.78. The molecule has 0 aromatic carbocycles. The second kappa shape index (κ2) is 7.26. The fourth-order valence-corrected chi connectivity index (χ4v) is 5.55. The summed E-state index contributed by atoms with van der Waals surface area (Å²) in [6, 6.07) is 6.82. The first-order chi connectivity index (χ1) is 12.7. The van der Waals surface area contributed by atoms with Gasteiger partial charge in [0.15, 0.2) is 0 Å². The maximum Gasteiger partial charge on any atom is 0.239 e. The van der Waals surface area contributed by atoms with Crippen molar-refractivity contribution in [1.29, 1.82) is 5.26 Å². The number of aryl methyl sites for hydroxylation is 2. The molecule has 0 saturated carbocycles. The Hall–Kier alpha value is -2.10. The van der Waals surface area contributed by atoms with Gasteiger partial charge in [0, 0.05) is 23.8 Å². The van der Waals surface area contributed by atoms with E-state index in [1.54, 1.807) is 11.3 Å². The number of nitriles is 1. The Labute approximate surface area is 158 Å². The van der Waals surface area contributed by atoms with Crippen LogP contribution in [0.25, 0.3) is 0 Å². The summed E-state index contributed by atoms with van der Waals surface area (Å²) in [5, 5.41) is 13.3. The number of nitrogens with one attached hydrogen (secondary N) is 1. The Morgan fingerprint density at radius 2 is 2.23 bits per heavy atom. The third kappa shape index (κ3) is 3.17. The van der Waals surface area contributed by atoms with Gasteiger partial charge in [-0.25, -0.2) is 0 Å². The van der Waals surface area contributed by atoms with Crippen LogP contribution < -0.4 is 5.32 Å². The first-order valence-corrected chi connectivity index (χ1v) is 10.2. The van der Waals surface area contributed by atoms with Crippen molar-refractivity contribution in [2.75, 3.05) is 18.4 Å². The van der Waals surface area contributed by atoms with Gasteiger partial charge in [0.05, 0.1) is 18.2 Å². The molecule has 1 aliphatic carbocycles. The molecule has 0 bridgehead atoms. The van der Waals surface area contributed by atoms with E-state index in [0.29, 0.717) is 18.2 Å². The Bertz CT molecular complexity index is 860. The van der Waals surface area contributed by atoms with Gasteiger partial charge in [0.25, 0.3) is 0 Å². The van der Waals surface area contributed by atoms with Crippen LogP contribution in [0.3, 0.4) is 0 Å². The highest BCUT2D eigenvalue weighted by atomic mass is 32.1. The maximum absolute atomic E-state index is 12.7. The number of likely N-dealkylation sites (tertiary alicyclic amines) is 1. The molecule has 0 spiro atoms. The molecule has 0 unspecified atom stereocenters. The van der Waals surface area contributed by atoms with Crippen molar-refractivity contribution in [2.45, 2.75) is 44.6 Å².